The van der Waals surface area contributed by atoms with Gasteiger partial charge in [-0.25, -0.2) is 4.79 Å². The van der Waals surface area contributed by atoms with Crippen molar-refractivity contribution in [3.8, 4) is 0 Å². The maximum Gasteiger partial charge on any atom is 0.326 e. The highest BCUT2D eigenvalue weighted by Gasteiger charge is 2.35. The van der Waals surface area contributed by atoms with Crippen LogP contribution in [0, 0.1) is 0 Å². The fraction of sp³-hybridized carbons (Fsp3) is 0.423. The number of carbonyl (C=O) groups excluding carboxylic acids is 2. The van der Waals surface area contributed by atoms with Crippen LogP contribution in [0.25, 0.3) is 0 Å². The summed E-state index contributed by atoms with van der Waals surface area (Å²) < 4.78 is 0. The van der Waals surface area contributed by atoms with Gasteiger partial charge >= 0.3 is 5.97 Å². The number of benzene rings is 2. The van der Waals surface area contributed by atoms with Gasteiger partial charge in [-0.05, 0) is 42.2 Å². The second kappa shape index (κ2) is 13.6. The van der Waals surface area contributed by atoms with Crippen LogP contribution >= 0.6 is 24.4 Å². The summed E-state index contributed by atoms with van der Waals surface area (Å²) in [6.07, 6.45) is 1.78. The minimum atomic E-state index is -1.06. The van der Waals surface area contributed by atoms with Crippen molar-refractivity contribution in [2.75, 3.05) is 47.7 Å². The third-order valence-electron chi connectivity index (χ3n) is 6.39. The number of hydrogen-bond donors (Lipinski definition) is 4. The van der Waals surface area contributed by atoms with E-state index in [0.717, 1.165) is 16.9 Å². The van der Waals surface area contributed by atoms with Crippen LogP contribution in [0.4, 0.5) is 11.4 Å². The molecule has 2 aromatic rings. The lowest BCUT2D eigenvalue weighted by molar-refractivity contribution is -0.141. The molecule has 1 aliphatic rings. The Balaban J connectivity index is 1.96. The first-order valence-electron chi connectivity index (χ1n) is 12.1. The fourth-order valence-corrected chi connectivity index (χ4v) is 5.02. The standard InChI is InChI=1S/C26H35N5O4S2/c1-29(25(33)20(27)17-36)24-16-30(15-23(32)28-21(26(34)35)12-13-37-2)22-11-7-6-8-18(22)14-31(24)19-9-4-3-5-10-19/h3-11,20-21,24,36H,12-17,27H2,1-2H3,(H,28,32)(H,34,35)/t20-,21-,24?/m0/s1. The molecule has 0 radical (unpaired) electrons. The quantitative estimate of drug-likeness (QED) is 0.316. The summed E-state index contributed by atoms with van der Waals surface area (Å²) in [5, 5.41) is 12.2. The van der Waals surface area contributed by atoms with Crippen LogP contribution in [0.1, 0.15) is 12.0 Å². The predicted octanol–water partition coefficient (Wildman–Crippen LogP) is 1.88. The molecule has 0 aliphatic carbocycles. The average molecular weight is 546 g/mol. The predicted molar refractivity (Wildman–Crippen MR) is 152 cm³/mol. The molecular formula is C26H35N5O4S2. The molecule has 200 valence electrons. The second-order valence-corrected chi connectivity index (χ2v) is 10.3. The zero-order valence-corrected chi connectivity index (χ0v) is 22.8. The first kappa shape index (κ1) is 28.7. The van der Waals surface area contributed by atoms with Gasteiger partial charge in [0.25, 0.3) is 0 Å². The van der Waals surface area contributed by atoms with E-state index in [-0.39, 0.29) is 18.2 Å². The zero-order chi connectivity index (χ0) is 26.9. The van der Waals surface area contributed by atoms with E-state index in [1.165, 1.54) is 11.8 Å². The first-order valence-corrected chi connectivity index (χ1v) is 14.1. The van der Waals surface area contributed by atoms with E-state index in [4.69, 9.17) is 5.73 Å². The third kappa shape index (κ3) is 7.33. The monoisotopic (exact) mass is 545 g/mol. The van der Waals surface area contributed by atoms with Crippen molar-refractivity contribution in [1.82, 2.24) is 10.2 Å². The van der Waals surface area contributed by atoms with Crippen LogP contribution < -0.4 is 20.9 Å². The molecule has 2 aromatic carbocycles. The first-order chi connectivity index (χ1) is 17.8. The van der Waals surface area contributed by atoms with Crippen molar-refractivity contribution < 1.29 is 19.5 Å². The van der Waals surface area contributed by atoms with E-state index in [1.54, 1.807) is 11.9 Å². The molecule has 0 spiro atoms. The molecule has 2 amide bonds. The number of amides is 2. The summed E-state index contributed by atoms with van der Waals surface area (Å²) in [5.74, 6) is -0.871. The molecule has 1 aliphatic heterocycles. The van der Waals surface area contributed by atoms with Crippen molar-refractivity contribution in [3.63, 3.8) is 0 Å². The van der Waals surface area contributed by atoms with Crippen molar-refractivity contribution >= 4 is 53.5 Å². The van der Waals surface area contributed by atoms with Crippen LogP contribution in [0.5, 0.6) is 0 Å². The van der Waals surface area contributed by atoms with Gasteiger partial charge in [0.05, 0.1) is 19.1 Å². The van der Waals surface area contributed by atoms with E-state index in [0.29, 0.717) is 25.3 Å². The number of nitrogens with zero attached hydrogens (tertiary/aromatic N) is 3. The molecule has 4 N–H and O–H groups in total. The molecule has 1 unspecified atom stereocenters. The topological polar surface area (TPSA) is 119 Å². The summed E-state index contributed by atoms with van der Waals surface area (Å²) in [4.78, 5) is 43.6. The Hall–Kier alpha value is -2.89. The van der Waals surface area contributed by atoms with Gasteiger partial charge in [-0.15, -0.1) is 0 Å². The van der Waals surface area contributed by atoms with E-state index >= 15 is 0 Å². The molecule has 0 aromatic heterocycles. The molecule has 3 atom stereocenters. The largest absolute Gasteiger partial charge is 0.480 e. The lowest BCUT2D eigenvalue weighted by Gasteiger charge is -2.40. The summed E-state index contributed by atoms with van der Waals surface area (Å²) >= 11 is 5.73. The summed E-state index contributed by atoms with van der Waals surface area (Å²) in [6, 6.07) is 15.8. The van der Waals surface area contributed by atoms with Gasteiger partial charge in [0, 0.05) is 30.7 Å². The highest BCUT2D eigenvalue weighted by Crippen LogP contribution is 2.31. The van der Waals surface area contributed by atoms with Crippen LogP contribution in [-0.2, 0) is 20.9 Å². The number of fused-ring (bicyclic) bond motifs is 1. The van der Waals surface area contributed by atoms with Crippen molar-refractivity contribution in [2.45, 2.75) is 31.2 Å². The molecule has 0 fully saturated rings. The van der Waals surface area contributed by atoms with Gasteiger partial charge in [0.1, 0.15) is 12.2 Å². The molecule has 0 bridgehead atoms. The Labute approximate surface area is 227 Å². The van der Waals surface area contributed by atoms with Gasteiger partial charge in [0.15, 0.2) is 0 Å². The minimum Gasteiger partial charge on any atom is -0.480 e. The van der Waals surface area contributed by atoms with Crippen LogP contribution in [0.2, 0.25) is 0 Å². The molecule has 0 saturated carbocycles. The van der Waals surface area contributed by atoms with Gasteiger partial charge in [0.2, 0.25) is 11.8 Å². The van der Waals surface area contributed by atoms with E-state index in [9.17, 15) is 19.5 Å². The van der Waals surface area contributed by atoms with Crippen molar-refractivity contribution in [1.29, 1.82) is 0 Å². The number of rotatable bonds is 11. The van der Waals surface area contributed by atoms with Gasteiger partial charge in [-0.2, -0.15) is 24.4 Å². The van der Waals surface area contributed by atoms with Gasteiger partial charge in [-0.3, -0.25) is 9.59 Å². The number of para-hydroxylation sites is 2. The summed E-state index contributed by atoms with van der Waals surface area (Å²) in [7, 11) is 1.71. The fourth-order valence-electron chi connectivity index (χ4n) is 4.39. The Morgan fingerprint density at radius 2 is 1.86 bits per heavy atom. The third-order valence-corrected chi connectivity index (χ3v) is 7.43. The van der Waals surface area contributed by atoms with Gasteiger partial charge < -0.3 is 30.9 Å². The molecule has 0 saturated heterocycles. The minimum absolute atomic E-state index is 0.0557. The number of carboxylic acids is 1. The molecule has 9 nitrogen and oxygen atoms in total. The van der Waals surface area contributed by atoms with Crippen molar-refractivity contribution in [2.24, 2.45) is 5.73 Å². The molecule has 3 rings (SSSR count). The maximum absolute atomic E-state index is 13.1. The van der Waals surface area contributed by atoms with Crippen molar-refractivity contribution in [3.05, 3.63) is 60.2 Å². The summed E-state index contributed by atoms with van der Waals surface area (Å²) in [5.41, 5.74) is 8.82. The number of carboxylic acid groups (broad SMARTS) is 1. The lowest BCUT2D eigenvalue weighted by atomic mass is 10.1. The highest BCUT2D eigenvalue weighted by molar-refractivity contribution is 7.98. The van der Waals surface area contributed by atoms with E-state index in [2.05, 4.69) is 22.8 Å². The Morgan fingerprint density at radius 3 is 2.51 bits per heavy atom. The highest BCUT2D eigenvalue weighted by atomic mass is 32.2. The number of likely N-dealkylation sites (N-methyl/N-ethyl adjacent to an activating group) is 1. The van der Waals surface area contributed by atoms with Crippen LogP contribution in [0.15, 0.2) is 54.6 Å². The number of carbonyl (C=O) groups is 3. The lowest BCUT2D eigenvalue weighted by Crippen LogP contribution is -2.58. The van der Waals surface area contributed by atoms with E-state index in [1.807, 2.05) is 65.8 Å². The number of thiol groups is 1. The number of hydrogen-bond acceptors (Lipinski definition) is 8. The Bertz CT molecular complexity index is 1070. The normalized spacial score (nSPS) is 16.8. The molecule has 1 heterocycles. The maximum atomic E-state index is 13.1. The molecular weight excluding hydrogens is 510 g/mol. The number of nitrogens with one attached hydrogen (secondary N) is 1. The molecule has 37 heavy (non-hydrogen) atoms. The van der Waals surface area contributed by atoms with Gasteiger partial charge in [-0.1, -0.05) is 36.4 Å². The average Bonchev–Trinajstić information content (AvgIpc) is 3.07. The van der Waals surface area contributed by atoms with Crippen LogP contribution in [0.3, 0.4) is 0 Å². The van der Waals surface area contributed by atoms with Crippen LogP contribution in [-0.4, -0.2) is 83.9 Å². The smallest absolute Gasteiger partial charge is 0.326 e. The second-order valence-electron chi connectivity index (χ2n) is 8.93. The summed E-state index contributed by atoms with van der Waals surface area (Å²) in [6.45, 7) is 0.755. The number of nitrogens with two attached hydrogens (primary N) is 1. The SMILES string of the molecule is CSCC[C@H](NC(=O)CN1CC(N(C)C(=O)[C@@H](N)CS)N(c2ccccc2)Cc2ccccc21)C(=O)O. The van der Waals surface area contributed by atoms with E-state index < -0.39 is 30.1 Å². The Morgan fingerprint density at radius 1 is 1.19 bits per heavy atom. The Kier molecular flexibility index (Phi) is 10.5. The molecule has 11 heteroatoms. The number of anilines is 2. The number of aliphatic carboxylic acids is 1. The number of thioether (sulfide) groups is 1. The zero-order valence-electron chi connectivity index (χ0n) is 21.1.